The number of nitrogens with one attached hydrogen (secondary N) is 2. The highest BCUT2D eigenvalue weighted by Gasteiger charge is 1.93. The van der Waals surface area contributed by atoms with E-state index in [1.807, 2.05) is 0 Å². The number of ether oxygens (including phenoxy) is 1. The summed E-state index contributed by atoms with van der Waals surface area (Å²) in [5, 5.41) is 34.7. The largest absolute Gasteiger partial charge is 0.466 e. The zero-order valence-corrected chi connectivity index (χ0v) is 13.7. The minimum absolute atomic E-state index is 0.394. The number of amides is 1. The molecule has 0 aliphatic carbocycles. The van der Waals surface area contributed by atoms with Crippen molar-refractivity contribution in [3.05, 3.63) is 12.7 Å². The molecule has 0 rings (SSSR count). The Bertz CT molecular complexity index is 344. The lowest BCUT2D eigenvalue weighted by molar-refractivity contribution is -0.134. The number of rotatable bonds is 5. The minimum atomic E-state index is -1.33. The van der Waals surface area contributed by atoms with Crippen molar-refractivity contribution < 1.29 is 39.2 Å². The molecular formula is C13H25N3O8. The number of carbonyl (C=O) groups excluding carboxylic acids is 3. The lowest BCUT2D eigenvalue weighted by Crippen LogP contribution is -2.03. The van der Waals surface area contributed by atoms with Crippen molar-refractivity contribution in [1.82, 2.24) is 0 Å². The van der Waals surface area contributed by atoms with Gasteiger partial charge in [-0.25, -0.2) is 30.0 Å². The van der Waals surface area contributed by atoms with E-state index in [9.17, 15) is 4.79 Å². The van der Waals surface area contributed by atoms with E-state index in [0.717, 1.165) is 37.5 Å². The van der Waals surface area contributed by atoms with Crippen LogP contribution in [0.25, 0.3) is 0 Å². The Balaban J connectivity index is -0.0000000669. The fourth-order valence-electron chi connectivity index (χ4n) is 0.660. The molecule has 0 aliphatic rings. The molecule has 1 amide bonds. The molecule has 11 heteroatoms. The highest BCUT2D eigenvalue weighted by atomic mass is 16.5. The number of methoxy groups -OCH3 is 1. The van der Waals surface area contributed by atoms with Crippen molar-refractivity contribution in [2.75, 3.05) is 7.11 Å². The lowest BCUT2D eigenvalue weighted by atomic mass is 10.2. The van der Waals surface area contributed by atoms with Gasteiger partial charge in [0.1, 0.15) is 0 Å². The number of unbranched alkanes of at least 4 members (excludes halogenated alkanes) is 2. The maximum absolute atomic E-state index is 9.84. The van der Waals surface area contributed by atoms with E-state index in [4.69, 9.17) is 40.5 Å². The Morgan fingerprint density at radius 1 is 1.25 bits per heavy atom. The van der Waals surface area contributed by atoms with Gasteiger partial charge in [-0.2, -0.15) is 0 Å². The van der Waals surface area contributed by atoms with Gasteiger partial charge in [0.2, 0.25) is 12.2 Å². The van der Waals surface area contributed by atoms with Gasteiger partial charge in [0.15, 0.2) is 6.29 Å². The number of hydrogen-bond acceptors (Lipinski definition) is 9. The van der Waals surface area contributed by atoms with Crippen molar-refractivity contribution in [2.45, 2.75) is 38.9 Å². The molecule has 0 bridgehead atoms. The molecule has 0 radical (unpaired) electrons. The van der Waals surface area contributed by atoms with Crippen molar-refractivity contribution in [3.63, 3.8) is 0 Å². The Labute approximate surface area is 139 Å². The zero-order valence-electron chi connectivity index (χ0n) is 13.7. The number of carbonyl (C=O) groups is 2. The van der Waals surface area contributed by atoms with Crippen LogP contribution >= 0.6 is 0 Å². The van der Waals surface area contributed by atoms with Gasteiger partial charge in [-0.3, -0.25) is 0 Å². The molecule has 0 aromatic heterocycles. The highest BCUT2D eigenvalue weighted by Crippen LogP contribution is 1.99. The second-order valence-electron chi connectivity index (χ2n) is 3.25. The van der Waals surface area contributed by atoms with Crippen LogP contribution in [-0.4, -0.2) is 52.9 Å². The summed E-state index contributed by atoms with van der Waals surface area (Å²) in [4.78, 5) is 35.3. The summed E-state index contributed by atoms with van der Waals surface area (Å²) >= 11 is 0. The average molecular weight is 351 g/mol. The Hall–Kier alpha value is -2.84. The topological polar surface area (TPSA) is 212 Å². The Morgan fingerprint density at radius 3 is 1.71 bits per heavy atom. The smallest absolute Gasteiger partial charge is 0.402 e. The van der Waals surface area contributed by atoms with Crippen molar-refractivity contribution in [1.29, 1.82) is 10.8 Å². The predicted octanol–water partition coefficient (Wildman–Crippen LogP) is 0.648. The Kier molecular flexibility index (Phi) is 50.6. The summed E-state index contributed by atoms with van der Waals surface area (Å²) in [6.07, 6.45) is 3.85. The predicted molar refractivity (Wildman–Crippen MR) is 83.6 cm³/mol. The van der Waals surface area contributed by atoms with Crippen molar-refractivity contribution in [3.8, 4) is 0 Å². The van der Waals surface area contributed by atoms with Crippen LogP contribution in [0.4, 0.5) is 4.79 Å². The molecule has 11 nitrogen and oxygen atoms in total. The van der Waals surface area contributed by atoms with Crippen LogP contribution in [0.15, 0.2) is 12.7 Å². The molecule has 24 heavy (non-hydrogen) atoms. The molecule has 7 N–H and O–H groups in total. The molecular weight excluding hydrogens is 326 g/mol. The summed E-state index contributed by atoms with van der Waals surface area (Å²) in [6.45, 7) is 5.24. The van der Waals surface area contributed by atoms with Crippen LogP contribution in [-0.2, 0) is 19.1 Å². The van der Waals surface area contributed by atoms with Gasteiger partial charge in [-0.1, -0.05) is 26.3 Å². The van der Waals surface area contributed by atoms with E-state index >= 15 is 0 Å². The molecule has 0 atom stereocenters. The number of primary amides is 1. The third kappa shape index (κ3) is 167. The van der Waals surface area contributed by atoms with Gasteiger partial charge >= 0.3 is 12.1 Å². The summed E-state index contributed by atoms with van der Waals surface area (Å²) < 4.78 is 4.14. The third-order valence-corrected chi connectivity index (χ3v) is 1.43. The van der Waals surface area contributed by atoms with Gasteiger partial charge in [-0.05, 0) is 12.8 Å². The second-order valence-corrected chi connectivity index (χ2v) is 3.25. The van der Waals surface area contributed by atoms with E-state index < -0.39 is 18.4 Å². The van der Waals surface area contributed by atoms with Crippen LogP contribution in [0.5, 0.6) is 0 Å². The van der Waals surface area contributed by atoms with Crippen LogP contribution in [0.2, 0.25) is 0 Å². The molecule has 140 valence electrons. The highest BCUT2D eigenvalue weighted by molar-refractivity contribution is 5.80. The van der Waals surface area contributed by atoms with E-state index in [1.165, 1.54) is 7.11 Å². The molecule has 0 heterocycles. The first-order chi connectivity index (χ1) is 11.1. The monoisotopic (exact) mass is 351 g/mol. The molecule has 0 saturated carbocycles. The first-order valence-electron chi connectivity index (χ1n) is 6.27. The summed E-state index contributed by atoms with van der Waals surface area (Å²) in [7, 11) is 1.31. The standard InChI is InChI=1S/C6H14O2.C4H6O2.CH3NO2.2CHNO/c1-2-3-4-5-6(7)8;1-3-4(5)6-2;2-1(3)4;2*2-1-3/h6-8H,2-5H2,1H3;3H,1H2,2H3;2H2,(H,3,4);2*2H. The summed E-state index contributed by atoms with van der Waals surface area (Å²) in [6, 6.07) is 0. The van der Waals surface area contributed by atoms with Gasteiger partial charge < -0.3 is 25.8 Å². The van der Waals surface area contributed by atoms with Crippen LogP contribution in [0, 0.1) is 10.8 Å². The number of carboxylic acid groups (broad SMARTS) is 1. The number of isocyanates is 2. The molecule has 0 fully saturated rings. The number of aliphatic hydroxyl groups is 2. The quantitative estimate of drug-likeness (QED) is 0.103. The van der Waals surface area contributed by atoms with Crippen LogP contribution < -0.4 is 5.73 Å². The molecule has 0 saturated heterocycles. The number of esters is 1. The number of aliphatic hydroxyl groups excluding tert-OH is 1. The lowest BCUT2D eigenvalue weighted by Gasteiger charge is -1.99. The van der Waals surface area contributed by atoms with E-state index in [-0.39, 0.29) is 0 Å². The summed E-state index contributed by atoms with van der Waals surface area (Å²) in [5.41, 5.74) is 4.03. The molecule has 0 aliphatic heterocycles. The van der Waals surface area contributed by atoms with Gasteiger partial charge in [0, 0.05) is 6.08 Å². The zero-order chi connectivity index (χ0) is 20.4. The second kappa shape index (κ2) is 36.9. The number of nitrogens with two attached hydrogens (primary N) is 1. The molecule has 0 aromatic carbocycles. The van der Waals surface area contributed by atoms with Crippen molar-refractivity contribution >= 4 is 24.2 Å². The molecule has 0 unspecified atom stereocenters. The Morgan fingerprint density at radius 2 is 1.58 bits per heavy atom. The van der Waals surface area contributed by atoms with Gasteiger partial charge in [-0.15, -0.1) is 0 Å². The fourth-order valence-corrected chi connectivity index (χ4v) is 0.660. The van der Waals surface area contributed by atoms with Gasteiger partial charge in [0.25, 0.3) is 0 Å². The first-order valence-corrected chi connectivity index (χ1v) is 6.27. The SMILES string of the molecule is C=CC(=O)OC.CCCCCC(O)O.N=C=O.N=C=O.NC(=O)O. The van der Waals surface area contributed by atoms with E-state index in [2.05, 4.69) is 24.0 Å². The summed E-state index contributed by atoms with van der Waals surface area (Å²) in [5.74, 6) is -0.394. The average Bonchev–Trinajstić information content (AvgIpc) is 2.48. The molecule has 0 aromatic rings. The third-order valence-electron chi connectivity index (χ3n) is 1.43. The number of hydrogen-bond donors (Lipinski definition) is 6. The normalized spacial score (nSPS) is 6.88. The van der Waals surface area contributed by atoms with E-state index in [1.54, 1.807) is 0 Å². The molecule has 0 spiro atoms. The maximum atomic E-state index is 9.84. The van der Waals surface area contributed by atoms with Gasteiger partial charge in [0.05, 0.1) is 7.11 Å². The minimum Gasteiger partial charge on any atom is -0.466 e. The maximum Gasteiger partial charge on any atom is 0.402 e. The van der Waals surface area contributed by atoms with Crippen LogP contribution in [0.3, 0.4) is 0 Å². The first kappa shape index (κ1) is 32.9. The fraction of sp³-hybridized carbons (Fsp3) is 0.538. The van der Waals surface area contributed by atoms with E-state index in [0.29, 0.717) is 6.42 Å². The van der Waals surface area contributed by atoms with Crippen LogP contribution in [0.1, 0.15) is 32.6 Å². The van der Waals surface area contributed by atoms with Crippen molar-refractivity contribution in [2.24, 2.45) is 5.73 Å².